The molecule has 2 heterocycles. The van der Waals surface area contributed by atoms with Gasteiger partial charge in [-0.15, -0.1) is 0 Å². The van der Waals surface area contributed by atoms with Crippen LogP contribution in [0, 0.1) is 22.7 Å². The summed E-state index contributed by atoms with van der Waals surface area (Å²) < 4.78 is 2.17. The number of hydrogen-bond acceptors (Lipinski definition) is 5. The molecule has 0 saturated heterocycles. The second kappa shape index (κ2) is 11.1. The van der Waals surface area contributed by atoms with E-state index in [0.29, 0.717) is 28.7 Å². The van der Waals surface area contributed by atoms with Gasteiger partial charge in [-0.1, -0.05) is 129 Å². The quantitative estimate of drug-likeness (QED) is 0.191. The minimum atomic E-state index is -0.202. The first-order valence-electron chi connectivity index (χ1n) is 16.5. The maximum Gasteiger partial charge on any atom is 0.165 e. The van der Waals surface area contributed by atoms with Crippen LogP contribution in [-0.4, -0.2) is 19.5 Å². The van der Waals surface area contributed by atoms with Gasteiger partial charge in [0.1, 0.15) is 12.1 Å². The maximum absolute atomic E-state index is 10.9. The van der Waals surface area contributed by atoms with Crippen molar-refractivity contribution in [1.82, 2.24) is 19.5 Å². The molecule has 9 rings (SSSR count). The molecule has 6 heteroatoms. The van der Waals surface area contributed by atoms with Crippen molar-refractivity contribution in [3.8, 4) is 63.1 Å². The van der Waals surface area contributed by atoms with Gasteiger partial charge in [-0.3, -0.25) is 0 Å². The molecule has 2 aromatic heterocycles. The zero-order valence-electron chi connectivity index (χ0n) is 27.4. The van der Waals surface area contributed by atoms with Gasteiger partial charge in [0, 0.05) is 38.4 Å². The third-order valence-electron chi connectivity index (χ3n) is 9.97. The normalized spacial score (nSPS) is 12.7. The van der Waals surface area contributed by atoms with Crippen molar-refractivity contribution in [1.29, 1.82) is 10.5 Å². The molecule has 0 saturated carbocycles. The molecule has 0 N–H and O–H groups in total. The lowest BCUT2D eigenvalue weighted by atomic mass is 9.82. The number of hydrogen-bond donors (Lipinski definition) is 0. The Bertz CT molecular complexity index is 2690. The van der Waals surface area contributed by atoms with Crippen molar-refractivity contribution in [2.45, 2.75) is 19.3 Å². The minimum Gasteiger partial charge on any atom is -0.307 e. The highest BCUT2D eigenvalue weighted by Gasteiger charge is 2.37. The molecule has 8 aromatic rings. The van der Waals surface area contributed by atoms with Gasteiger partial charge in [-0.05, 0) is 34.9 Å². The third kappa shape index (κ3) is 4.23. The SMILES string of the molecule is CC1(C)c2ccccc2-c2c1ccc1c3ccccc3n(-c3ccc(-c4nc(-c5ccccc5)nc(-c5ccccc5)n4)c(C#N)c3C#N)c21. The molecular weight excluding hydrogens is 613 g/mol. The Morgan fingerprint density at radius 3 is 1.80 bits per heavy atom. The van der Waals surface area contributed by atoms with Crippen molar-refractivity contribution >= 4 is 21.8 Å². The predicted molar refractivity (Wildman–Crippen MR) is 197 cm³/mol. The maximum atomic E-state index is 10.9. The predicted octanol–water partition coefficient (Wildman–Crippen LogP) is 10.0. The van der Waals surface area contributed by atoms with Crippen molar-refractivity contribution in [2.75, 3.05) is 0 Å². The third-order valence-corrected chi connectivity index (χ3v) is 9.97. The molecule has 234 valence electrons. The average molecular weight is 641 g/mol. The first-order chi connectivity index (χ1) is 24.5. The van der Waals surface area contributed by atoms with Gasteiger partial charge in [0.2, 0.25) is 0 Å². The van der Waals surface area contributed by atoms with Crippen LogP contribution in [0.1, 0.15) is 36.1 Å². The van der Waals surface area contributed by atoms with Gasteiger partial charge < -0.3 is 4.57 Å². The summed E-state index contributed by atoms with van der Waals surface area (Å²) in [5.74, 6) is 1.30. The average Bonchev–Trinajstić information content (AvgIpc) is 3.63. The zero-order chi connectivity index (χ0) is 34.0. The molecule has 6 aromatic carbocycles. The van der Waals surface area contributed by atoms with Gasteiger partial charge in [-0.2, -0.15) is 10.5 Å². The lowest BCUT2D eigenvalue weighted by molar-refractivity contribution is 0.661. The summed E-state index contributed by atoms with van der Waals surface area (Å²) in [6, 6.07) is 49.3. The monoisotopic (exact) mass is 640 g/mol. The molecule has 0 unspecified atom stereocenters. The van der Waals surface area contributed by atoms with Crippen LogP contribution in [0.25, 0.3) is 72.8 Å². The smallest absolute Gasteiger partial charge is 0.165 e. The van der Waals surface area contributed by atoms with Gasteiger partial charge in [0.15, 0.2) is 17.5 Å². The standard InChI is InChI=1S/C44H28N6/c1-44(2)35-19-11-9-18-32(35)39-36(44)23-21-30-29-17-10-12-20-37(29)50(40(30)39)38-24-22-31(33(25-45)34(38)26-46)43-48-41(27-13-5-3-6-14-27)47-42(49-43)28-15-7-4-8-16-28/h3-24H,1-2H3. The summed E-state index contributed by atoms with van der Waals surface area (Å²) in [7, 11) is 0. The number of fused-ring (bicyclic) bond motifs is 7. The Balaban J connectivity index is 1.34. The zero-order valence-corrected chi connectivity index (χ0v) is 27.4. The van der Waals surface area contributed by atoms with Crippen LogP contribution in [-0.2, 0) is 5.41 Å². The Morgan fingerprint density at radius 1 is 0.520 bits per heavy atom. The van der Waals surface area contributed by atoms with Crippen molar-refractivity contribution in [2.24, 2.45) is 0 Å². The first-order valence-corrected chi connectivity index (χ1v) is 16.5. The number of rotatable bonds is 4. The van der Waals surface area contributed by atoms with E-state index in [2.05, 4.69) is 79.1 Å². The number of benzene rings is 6. The van der Waals surface area contributed by atoms with Crippen LogP contribution in [0.3, 0.4) is 0 Å². The second-order valence-corrected chi connectivity index (χ2v) is 13.1. The number of nitriles is 2. The topological polar surface area (TPSA) is 91.2 Å². The lowest BCUT2D eigenvalue weighted by Crippen LogP contribution is -2.14. The van der Waals surface area contributed by atoms with Crippen molar-refractivity contribution < 1.29 is 0 Å². The highest BCUT2D eigenvalue weighted by atomic mass is 15.0. The molecule has 0 radical (unpaired) electrons. The van der Waals surface area contributed by atoms with E-state index >= 15 is 0 Å². The summed E-state index contributed by atoms with van der Waals surface area (Å²) in [4.78, 5) is 14.6. The highest BCUT2D eigenvalue weighted by Crippen LogP contribution is 2.53. The molecule has 0 amide bonds. The molecule has 6 nitrogen and oxygen atoms in total. The molecule has 0 atom stereocenters. The van der Waals surface area contributed by atoms with Crippen LogP contribution in [0.2, 0.25) is 0 Å². The molecule has 0 spiro atoms. The number of nitrogens with zero attached hydrogens (tertiary/aromatic N) is 6. The van der Waals surface area contributed by atoms with Gasteiger partial charge in [0.05, 0.1) is 27.8 Å². The van der Waals surface area contributed by atoms with E-state index in [9.17, 15) is 10.5 Å². The Morgan fingerprint density at radius 2 is 1.12 bits per heavy atom. The van der Waals surface area contributed by atoms with Crippen LogP contribution < -0.4 is 0 Å². The van der Waals surface area contributed by atoms with Crippen LogP contribution in [0.4, 0.5) is 0 Å². The van der Waals surface area contributed by atoms with Gasteiger partial charge in [-0.25, -0.2) is 15.0 Å². The number of para-hydroxylation sites is 1. The molecule has 1 aliphatic carbocycles. The summed E-state index contributed by atoms with van der Waals surface area (Å²) in [5.41, 5.74) is 9.86. The van der Waals surface area contributed by atoms with E-state index in [1.54, 1.807) is 0 Å². The minimum absolute atomic E-state index is 0.202. The van der Waals surface area contributed by atoms with E-state index in [0.717, 1.165) is 38.5 Å². The van der Waals surface area contributed by atoms with E-state index in [1.165, 1.54) is 16.7 Å². The van der Waals surface area contributed by atoms with E-state index in [-0.39, 0.29) is 16.5 Å². The number of aromatic nitrogens is 4. The molecular formula is C44H28N6. The van der Waals surface area contributed by atoms with Gasteiger partial charge in [0.25, 0.3) is 0 Å². The van der Waals surface area contributed by atoms with Crippen molar-refractivity contribution in [3.63, 3.8) is 0 Å². The fourth-order valence-corrected chi connectivity index (χ4v) is 7.62. The molecule has 50 heavy (non-hydrogen) atoms. The lowest BCUT2D eigenvalue weighted by Gasteiger charge is -2.21. The van der Waals surface area contributed by atoms with E-state index in [4.69, 9.17) is 15.0 Å². The van der Waals surface area contributed by atoms with Crippen molar-refractivity contribution in [3.05, 3.63) is 156 Å². The summed E-state index contributed by atoms with van der Waals surface area (Å²) in [5, 5.41) is 23.8. The fraction of sp³-hybridized carbons (Fsp3) is 0.0682. The van der Waals surface area contributed by atoms with E-state index < -0.39 is 0 Å². The largest absolute Gasteiger partial charge is 0.307 e. The van der Waals surface area contributed by atoms with E-state index in [1.807, 2.05) is 84.9 Å². The van der Waals surface area contributed by atoms with Crippen LogP contribution >= 0.6 is 0 Å². The molecule has 1 aliphatic rings. The summed E-state index contributed by atoms with van der Waals surface area (Å²) in [6.45, 7) is 4.53. The molecule has 0 bridgehead atoms. The fourth-order valence-electron chi connectivity index (χ4n) is 7.62. The Kier molecular flexibility index (Phi) is 6.49. The van der Waals surface area contributed by atoms with Crippen LogP contribution in [0.5, 0.6) is 0 Å². The first kappa shape index (κ1) is 29.3. The molecule has 0 aliphatic heterocycles. The van der Waals surface area contributed by atoms with Crippen LogP contribution in [0.15, 0.2) is 133 Å². The Labute approximate surface area is 289 Å². The summed E-state index contributed by atoms with van der Waals surface area (Å²) >= 11 is 0. The summed E-state index contributed by atoms with van der Waals surface area (Å²) in [6.07, 6.45) is 0. The Hall–Kier alpha value is -6.89. The second-order valence-electron chi connectivity index (χ2n) is 13.1. The van der Waals surface area contributed by atoms with Gasteiger partial charge >= 0.3 is 0 Å². The molecule has 0 fully saturated rings. The highest BCUT2D eigenvalue weighted by molar-refractivity contribution is 6.15.